The molecular weight excluding hydrogens is 298 g/mol. The van der Waals surface area contributed by atoms with Crippen molar-refractivity contribution in [1.29, 1.82) is 0 Å². The summed E-state index contributed by atoms with van der Waals surface area (Å²) in [7, 11) is 0. The van der Waals surface area contributed by atoms with Crippen molar-refractivity contribution in [3.63, 3.8) is 0 Å². The van der Waals surface area contributed by atoms with Crippen molar-refractivity contribution in [3.8, 4) is 0 Å². The summed E-state index contributed by atoms with van der Waals surface area (Å²) in [6, 6.07) is 7.98. The second-order valence-electron chi connectivity index (χ2n) is 6.55. The Balaban J connectivity index is 1.79. The number of carbonyl (C=O) groups is 1. The Bertz CT molecular complexity index is 698. The van der Waals surface area contributed by atoms with E-state index in [-0.39, 0.29) is 5.91 Å². The maximum absolute atomic E-state index is 12.7. The predicted octanol–water partition coefficient (Wildman–Crippen LogP) is 4.33. The van der Waals surface area contributed by atoms with Crippen LogP contribution in [0.15, 0.2) is 36.7 Å². The molecule has 3 rings (SSSR count). The third kappa shape index (κ3) is 3.75. The van der Waals surface area contributed by atoms with Crippen LogP contribution in [0.2, 0.25) is 0 Å². The highest BCUT2D eigenvalue weighted by Gasteiger charge is 2.14. The third-order valence-electron chi connectivity index (χ3n) is 4.68. The molecule has 0 saturated carbocycles. The number of amides is 1. The van der Waals surface area contributed by atoms with Gasteiger partial charge in [0, 0.05) is 25.0 Å². The van der Waals surface area contributed by atoms with Crippen molar-refractivity contribution in [1.82, 2.24) is 4.98 Å². The van der Waals surface area contributed by atoms with Gasteiger partial charge in [-0.15, -0.1) is 0 Å². The number of pyridine rings is 1. The van der Waals surface area contributed by atoms with Gasteiger partial charge in [0.1, 0.15) is 0 Å². The molecule has 4 nitrogen and oxygen atoms in total. The first-order valence-corrected chi connectivity index (χ1v) is 8.73. The Morgan fingerprint density at radius 3 is 2.38 bits per heavy atom. The molecule has 126 valence electrons. The minimum atomic E-state index is -0.100. The van der Waals surface area contributed by atoms with Crippen molar-refractivity contribution in [2.45, 2.75) is 39.5 Å². The number of nitrogens with zero attached hydrogens (tertiary/aromatic N) is 2. The molecule has 1 amide bonds. The van der Waals surface area contributed by atoms with Gasteiger partial charge in [0.2, 0.25) is 0 Å². The van der Waals surface area contributed by atoms with Crippen molar-refractivity contribution in [3.05, 3.63) is 53.3 Å². The average molecular weight is 323 g/mol. The predicted molar refractivity (Wildman–Crippen MR) is 98.8 cm³/mol. The van der Waals surface area contributed by atoms with E-state index in [9.17, 15) is 4.79 Å². The van der Waals surface area contributed by atoms with Gasteiger partial charge in [-0.2, -0.15) is 0 Å². The lowest BCUT2D eigenvalue weighted by atomic mass is 10.1. The highest BCUT2D eigenvalue weighted by Crippen LogP contribution is 2.22. The average Bonchev–Trinajstić information content (AvgIpc) is 2.87. The largest absolute Gasteiger partial charge is 0.370 e. The maximum Gasteiger partial charge on any atom is 0.257 e. The molecule has 0 atom stereocenters. The Kier molecular flexibility index (Phi) is 5.14. The number of hydrogen-bond donors (Lipinski definition) is 1. The Labute approximate surface area is 143 Å². The van der Waals surface area contributed by atoms with Crippen LogP contribution in [0, 0.1) is 13.8 Å². The number of aryl methyl sites for hydroxylation is 2. The molecule has 2 heterocycles. The summed E-state index contributed by atoms with van der Waals surface area (Å²) in [5.41, 5.74) is 4.69. The summed E-state index contributed by atoms with van der Waals surface area (Å²) < 4.78 is 0. The number of aromatic nitrogens is 1. The summed E-state index contributed by atoms with van der Waals surface area (Å²) in [4.78, 5) is 19.3. The number of benzene rings is 1. The number of carbonyl (C=O) groups excluding carboxylic acids is 1. The molecule has 0 spiro atoms. The standard InChI is InChI=1S/C20H25N3O/c1-15-8-7-9-16(2)19(15)22-20(24)17-12-18(14-21-13-17)23-10-5-3-4-6-11-23/h7-9,12-14H,3-6,10-11H2,1-2H3,(H,22,24). The minimum absolute atomic E-state index is 0.100. The number of nitrogens with one attached hydrogen (secondary N) is 1. The molecule has 0 bridgehead atoms. The molecule has 0 aliphatic carbocycles. The first-order chi connectivity index (χ1) is 11.6. The van der Waals surface area contributed by atoms with E-state index in [1.807, 2.05) is 44.3 Å². The van der Waals surface area contributed by atoms with Crippen LogP contribution in [0.4, 0.5) is 11.4 Å². The van der Waals surface area contributed by atoms with Crippen LogP contribution in [0.5, 0.6) is 0 Å². The zero-order valence-electron chi connectivity index (χ0n) is 14.5. The molecule has 1 aliphatic heterocycles. The normalized spacial score (nSPS) is 15.0. The quantitative estimate of drug-likeness (QED) is 0.914. The van der Waals surface area contributed by atoms with E-state index in [2.05, 4.69) is 15.2 Å². The van der Waals surface area contributed by atoms with Gasteiger partial charge >= 0.3 is 0 Å². The lowest BCUT2D eigenvalue weighted by Crippen LogP contribution is -2.24. The number of hydrogen-bond acceptors (Lipinski definition) is 3. The van der Waals surface area contributed by atoms with Gasteiger partial charge in [-0.3, -0.25) is 9.78 Å². The van der Waals surface area contributed by atoms with Gasteiger partial charge < -0.3 is 10.2 Å². The van der Waals surface area contributed by atoms with Crippen LogP contribution >= 0.6 is 0 Å². The molecule has 24 heavy (non-hydrogen) atoms. The molecule has 1 N–H and O–H groups in total. The number of rotatable bonds is 3. The van der Waals surface area contributed by atoms with Gasteiger partial charge in [0.05, 0.1) is 17.4 Å². The van der Waals surface area contributed by atoms with E-state index in [1.54, 1.807) is 6.20 Å². The van der Waals surface area contributed by atoms with Crippen LogP contribution in [0.3, 0.4) is 0 Å². The fourth-order valence-corrected chi connectivity index (χ4v) is 3.25. The molecule has 1 aromatic carbocycles. The highest BCUT2D eigenvalue weighted by atomic mass is 16.1. The van der Waals surface area contributed by atoms with Gasteiger partial charge in [-0.25, -0.2) is 0 Å². The second kappa shape index (κ2) is 7.47. The van der Waals surface area contributed by atoms with Gasteiger partial charge in [0.15, 0.2) is 0 Å². The molecular formula is C20H25N3O. The fourth-order valence-electron chi connectivity index (χ4n) is 3.25. The molecule has 0 unspecified atom stereocenters. The van der Waals surface area contributed by atoms with Gasteiger partial charge in [0.25, 0.3) is 5.91 Å². The minimum Gasteiger partial charge on any atom is -0.370 e. The van der Waals surface area contributed by atoms with E-state index in [0.29, 0.717) is 5.56 Å². The Hall–Kier alpha value is -2.36. The van der Waals surface area contributed by atoms with E-state index >= 15 is 0 Å². The van der Waals surface area contributed by atoms with Gasteiger partial charge in [-0.1, -0.05) is 31.0 Å². The summed E-state index contributed by atoms with van der Waals surface area (Å²) in [6.07, 6.45) is 8.50. The molecule has 1 saturated heterocycles. The summed E-state index contributed by atoms with van der Waals surface area (Å²) >= 11 is 0. The monoisotopic (exact) mass is 323 g/mol. The fraction of sp³-hybridized carbons (Fsp3) is 0.400. The zero-order chi connectivity index (χ0) is 16.9. The molecule has 4 heteroatoms. The summed E-state index contributed by atoms with van der Waals surface area (Å²) in [5, 5.41) is 3.04. The van der Waals surface area contributed by atoms with Crippen molar-refractivity contribution in [2.75, 3.05) is 23.3 Å². The first kappa shape index (κ1) is 16.5. The maximum atomic E-state index is 12.7. The second-order valence-corrected chi connectivity index (χ2v) is 6.55. The topological polar surface area (TPSA) is 45.2 Å². The summed E-state index contributed by atoms with van der Waals surface area (Å²) in [6.45, 7) is 6.11. The van der Waals surface area contributed by atoms with Crippen molar-refractivity contribution in [2.24, 2.45) is 0 Å². The highest BCUT2D eigenvalue weighted by molar-refractivity contribution is 6.05. The molecule has 1 aromatic heterocycles. The number of anilines is 2. The van der Waals surface area contributed by atoms with E-state index in [0.717, 1.165) is 35.6 Å². The van der Waals surface area contributed by atoms with Crippen LogP contribution in [-0.4, -0.2) is 24.0 Å². The SMILES string of the molecule is Cc1cccc(C)c1NC(=O)c1cncc(N2CCCCCC2)c1. The Morgan fingerprint density at radius 2 is 1.71 bits per heavy atom. The Morgan fingerprint density at radius 1 is 1.04 bits per heavy atom. The van der Waals surface area contributed by atoms with Crippen LogP contribution in [-0.2, 0) is 0 Å². The lowest BCUT2D eigenvalue weighted by Gasteiger charge is -2.22. The van der Waals surface area contributed by atoms with Crippen LogP contribution in [0.25, 0.3) is 0 Å². The van der Waals surface area contributed by atoms with Gasteiger partial charge in [-0.05, 0) is 43.9 Å². The van der Waals surface area contributed by atoms with E-state index in [1.165, 1.54) is 25.7 Å². The van der Waals surface area contributed by atoms with E-state index in [4.69, 9.17) is 0 Å². The first-order valence-electron chi connectivity index (χ1n) is 8.73. The smallest absolute Gasteiger partial charge is 0.257 e. The molecule has 0 radical (unpaired) electrons. The van der Waals surface area contributed by atoms with Crippen molar-refractivity contribution >= 4 is 17.3 Å². The van der Waals surface area contributed by atoms with Crippen LogP contribution < -0.4 is 10.2 Å². The van der Waals surface area contributed by atoms with Crippen LogP contribution in [0.1, 0.15) is 47.2 Å². The molecule has 1 aliphatic rings. The third-order valence-corrected chi connectivity index (χ3v) is 4.68. The zero-order valence-corrected chi connectivity index (χ0v) is 14.5. The number of para-hydroxylation sites is 1. The summed E-state index contributed by atoms with van der Waals surface area (Å²) in [5.74, 6) is -0.100. The van der Waals surface area contributed by atoms with E-state index < -0.39 is 0 Å². The van der Waals surface area contributed by atoms with Crippen molar-refractivity contribution < 1.29 is 4.79 Å². The lowest BCUT2D eigenvalue weighted by molar-refractivity contribution is 0.102. The molecule has 2 aromatic rings. The molecule has 1 fully saturated rings.